The van der Waals surface area contributed by atoms with E-state index in [2.05, 4.69) is 6.58 Å². The van der Waals surface area contributed by atoms with Crippen LogP contribution in [0.4, 0.5) is 0 Å². The Balaban J connectivity index is 3.56. The van der Waals surface area contributed by atoms with Gasteiger partial charge >= 0.3 is 0 Å². The highest BCUT2D eigenvalue weighted by Gasteiger charge is 1.83. The molecular formula is C7H13NS. The van der Waals surface area contributed by atoms with E-state index in [1.807, 2.05) is 19.3 Å². The molecule has 0 fully saturated rings. The SMILES string of the molecule is C=C(C)S/C=C(\C)CN. The summed E-state index contributed by atoms with van der Waals surface area (Å²) in [5, 5.41) is 2.03. The second-order valence-electron chi connectivity index (χ2n) is 1.99. The molecule has 9 heavy (non-hydrogen) atoms. The molecule has 0 aliphatic carbocycles. The molecule has 0 aliphatic heterocycles. The van der Waals surface area contributed by atoms with Crippen LogP contribution >= 0.6 is 11.8 Å². The maximum Gasteiger partial charge on any atom is 0.0142 e. The Hall–Kier alpha value is -0.210. The van der Waals surface area contributed by atoms with Crippen molar-refractivity contribution in [1.82, 2.24) is 0 Å². The van der Waals surface area contributed by atoms with E-state index in [9.17, 15) is 0 Å². The Bertz CT molecular complexity index is 127. The highest BCUT2D eigenvalue weighted by atomic mass is 32.2. The number of hydrogen-bond donors (Lipinski definition) is 1. The second kappa shape index (κ2) is 4.65. The minimum absolute atomic E-state index is 0.639. The van der Waals surface area contributed by atoms with Gasteiger partial charge in [-0.25, -0.2) is 0 Å². The first-order valence-corrected chi connectivity index (χ1v) is 3.72. The average molecular weight is 143 g/mol. The molecule has 0 aliphatic rings. The second-order valence-corrected chi connectivity index (χ2v) is 3.16. The first kappa shape index (κ1) is 8.79. The minimum Gasteiger partial charge on any atom is -0.327 e. The fourth-order valence-corrected chi connectivity index (χ4v) is 0.748. The predicted molar refractivity (Wildman–Crippen MR) is 45.2 cm³/mol. The van der Waals surface area contributed by atoms with Crippen molar-refractivity contribution >= 4 is 11.8 Å². The van der Waals surface area contributed by atoms with Crippen molar-refractivity contribution in [2.75, 3.05) is 6.54 Å². The van der Waals surface area contributed by atoms with Crippen LogP contribution in [0.3, 0.4) is 0 Å². The van der Waals surface area contributed by atoms with Crippen molar-refractivity contribution in [2.45, 2.75) is 13.8 Å². The van der Waals surface area contributed by atoms with Gasteiger partial charge in [0.15, 0.2) is 0 Å². The molecular weight excluding hydrogens is 130 g/mol. The predicted octanol–water partition coefficient (Wildman–Crippen LogP) is 2.12. The van der Waals surface area contributed by atoms with Crippen molar-refractivity contribution in [2.24, 2.45) is 5.73 Å². The van der Waals surface area contributed by atoms with Crippen molar-refractivity contribution < 1.29 is 0 Å². The van der Waals surface area contributed by atoms with Gasteiger partial charge in [0, 0.05) is 6.54 Å². The van der Waals surface area contributed by atoms with Crippen LogP contribution in [0.2, 0.25) is 0 Å². The normalized spacial score (nSPS) is 11.7. The summed E-state index contributed by atoms with van der Waals surface area (Å²) in [5.74, 6) is 0. The van der Waals surface area contributed by atoms with E-state index in [-0.39, 0.29) is 0 Å². The molecule has 0 radical (unpaired) electrons. The quantitative estimate of drug-likeness (QED) is 0.655. The Morgan fingerprint density at radius 3 is 2.56 bits per heavy atom. The molecule has 0 saturated heterocycles. The first-order chi connectivity index (χ1) is 4.16. The van der Waals surface area contributed by atoms with Gasteiger partial charge in [0.1, 0.15) is 0 Å². The van der Waals surface area contributed by atoms with Gasteiger partial charge in [0.2, 0.25) is 0 Å². The summed E-state index contributed by atoms with van der Waals surface area (Å²) in [5.41, 5.74) is 6.54. The molecule has 2 heteroatoms. The topological polar surface area (TPSA) is 26.0 Å². The van der Waals surface area contributed by atoms with E-state index < -0.39 is 0 Å². The van der Waals surface area contributed by atoms with Gasteiger partial charge in [-0.05, 0) is 24.2 Å². The average Bonchev–Trinajstić information content (AvgIpc) is 1.83. The third-order valence-corrected chi connectivity index (χ3v) is 1.71. The minimum atomic E-state index is 0.639. The lowest BCUT2D eigenvalue weighted by atomic mass is 10.4. The highest BCUT2D eigenvalue weighted by molar-refractivity contribution is 8.05. The molecule has 0 aromatic rings. The Morgan fingerprint density at radius 2 is 2.22 bits per heavy atom. The van der Waals surface area contributed by atoms with Crippen molar-refractivity contribution in [3.63, 3.8) is 0 Å². The molecule has 0 heterocycles. The zero-order chi connectivity index (χ0) is 7.28. The number of rotatable bonds is 3. The molecule has 0 rings (SSSR count). The van der Waals surface area contributed by atoms with Gasteiger partial charge in [0.05, 0.1) is 0 Å². The van der Waals surface area contributed by atoms with Gasteiger partial charge < -0.3 is 5.73 Å². The molecule has 0 unspecified atom stereocenters. The molecule has 0 saturated carbocycles. The summed E-state index contributed by atoms with van der Waals surface area (Å²) < 4.78 is 0. The van der Waals surface area contributed by atoms with Crippen LogP contribution in [-0.4, -0.2) is 6.54 Å². The summed E-state index contributed by atoms with van der Waals surface area (Å²) in [7, 11) is 0. The van der Waals surface area contributed by atoms with Crippen LogP contribution < -0.4 is 5.73 Å². The summed E-state index contributed by atoms with van der Waals surface area (Å²) in [6, 6.07) is 0. The molecule has 52 valence electrons. The third-order valence-electron chi connectivity index (χ3n) is 0.783. The fourth-order valence-electron chi connectivity index (χ4n) is 0.249. The molecule has 0 atom stereocenters. The van der Waals surface area contributed by atoms with E-state index in [1.54, 1.807) is 11.8 Å². The number of nitrogens with two attached hydrogens (primary N) is 1. The largest absolute Gasteiger partial charge is 0.327 e. The zero-order valence-electron chi connectivity index (χ0n) is 5.98. The van der Waals surface area contributed by atoms with Gasteiger partial charge in [-0.2, -0.15) is 0 Å². The lowest BCUT2D eigenvalue weighted by Gasteiger charge is -1.93. The van der Waals surface area contributed by atoms with E-state index in [0.717, 1.165) is 4.91 Å². The Kier molecular flexibility index (Phi) is 4.54. The molecule has 2 N–H and O–H groups in total. The van der Waals surface area contributed by atoms with Crippen LogP contribution in [0, 0.1) is 0 Å². The standard InChI is InChI=1S/C7H13NS/c1-6(2)9-5-7(3)4-8/h5H,1,4,8H2,2-3H3/b7-5+. The third kappa shape index (κ3) is 5.66. The molecule has 0 spiro atoms. The molecule has 1 nitrogen and oxygen atoms in total. The van der Waals surface area contributed by atoms with Crippen molar-refractivity contribution in [3.8, 4) is 0 Å². The molecule has 0 aromatic heterocycles. The van der Waals surface area contributed by atoms with Crippen molar-refractivity contribution in [1.29, 1.82) is 0 Å². The van der Waals surface area contributed by atoms with Gasteiger partial charge in [-0.3, -0.25) is 0 Å². The number of allylic oxidation sites excluding steroid dienone is 1. The number of hydrogen-bond acceptors (Lipinski definition) is 2. The van der Waals surface area contributed by atoms with Crippen LogP contribution in [0.5, 0.6) is 0 Å². The van der Waals surface area contributed by atoms with E-state index >= 15 is 0 Å². The smallest absolute Gasteiger partial charge is 0.0142 e. The summed E-state index contributed by atoms with van der Waals surface area (Å²) >= 11 is 1.63. The van der Waals surface area contributed by atoms with Crippen LogP contribution in [-0.2, 0) is 0 Å². The van der Waals surface area contributed by atoms with Gasteiger partial charge in [-0.15, -0.1) is 11.8 Å². The lowest BCUT2D eigenvalue weighted by molar-refractivity contribution is 1.15. The van der Waals surface area contributed by atoms with Crippen LogP contribution in [0.25, 0.3) is 0 Å². The maximum atomic E-state index is 5.35. The summed E-state index contributed by atoms with van der Waals surface area (Å²) in [6.45, 7) is 8.37. The van der Waals surface area contributed by atoms with Gasteiger partial charge in [0.25, 0.3) is 0 Å². The van der Waals surface area contributed by atoms with Gasteiger partial charge in [-0.1, -0.05) is 12.2 Å². The van der Waals surface area contributed by atoms with Crippen LogP contribution in [0.1, 0.15) is 13.8 Å². The number of thioether (sulfide) groups is 1. The van der Waals surface area contributed by atoms with Crippen molar-refractivity contribution in [3.05, 3.63) is 22.5 Å². The van der Waals surface area contributed by atoms with E-state index in [1.165, 1.54) is 5.57 Å². The van der Waals surface area contributed by atoms with E-state index in [0.29, 0.717) is 6.54 Å². The lowest BCUT2D eigenvalue weighted by Crippen LogP contribution is -1.98. The molecule has 0 amide bonds. The van der Waals surface area contributed by atoms with Crippen LogP contribution in [0.15, 0.2) is 22.5 Å². The highest BCUT2D eigenvalue weighted by Crippen LogP contribution is 2.14. The monoisotopic (exact) mass is 143 g/mol. The first-order valence-electron chi connectivity index (χ1n) is 2.84. The Labute approximate surface area is 61.0 Å². The zero-order valence-corrected chi connectivity index (χ0v) is 6.79. The fraction of sp³-hybridized carbons (Fsp3) is 0.429. The maximum absolute atomic E-state index is 5.35. The summed E-state index contributed by atoms with van der Waals surface area (Å²) in [6.07, 6.45) is 0. The Morgan fingerprint density at radius 1 is 1.67 bits per heavy atom. The molecule has 0 bridgehead atoms. The molecule has 0 aromatic carbocycles. The summed E-state index contributed by atoms with van der Waals surface area (Å²) in [4.78, 5) is 1.10. The van der Waals surface area contributed by atoms with E-state index in [4.69, 9.17) is 5.73 Å².